The van der Waals surface area contributed by atoms with Crippen molar-refractivity contribution < 1.29 is 28.7 Å². The summed E-state index contributed by atoms with van der Waals surface area (Å²) in [5.74, 6) is 0.398. The van der Waals surface area contributed by atoms with Crippen LogP contribution in [0.25, 0.3) is 0 Å². The average Bonchev–Trinajstić information content (AvgIpc) is 2.70. The van der Waals surface area contributed by atoms with Crippen molar-refractivity contribution in [3.05, 3.63) is 34.4 Å². The van der Waals surface area contributed by atoms with Crippen LogP contribution < -0.4 is 4.74 Å². The second-order valence-electron chi connectivity index (χ2n) is 6.24. The van der Waals surface area contributed by atoms with Crippen LogP contribution in [0.4, 0.5) is 5.69 Å². The molecule has 0 heterocycles. The van der Waals surface area contributed by atoms with Crippen LogP contribution in [-0.2, 0) is 19.0 Å². The van der Waals surface area contributed by atoms with Gasteiger partial charge in [-0.05, 0) is 25.0 Å². The van der Waals surface area contributed by atoms with Crippen LogP contribution in [0.15, 0.2) is 24.3 Å². The van der Waals surface area contributed by atoms with Crippen LogP contribution >= 0.6 is 0 Å². The Bertz CT molecular complexity index is 562. The van der Waals surface area contributed by atoms with Gasteiger partial charge in [0.1, 0.15) is 19.0 Å². The van der Waals surface area contributed by atoms with Gasteiger partial charge in [0.2, 0.25) is 0 Å². The van der Waals surface area contributed by atoms with Gasteiger partial charge in [-0.2, -0.15) is 0 Å². The lowest BCUT2D eigenvalue weighted by atomic mass is 10.00. The number of ether oxygens (including phenoxy) is 4. The highest BCUT2D eigenvalue weighted by Crippen LogP contribution is 2.17. The van der Waals surface area contributed by atoms with Crippen molar-refractivity contribution in [2.75, 3.05) is 39.6 Å². The minimum Gasteiger partial charge on any atom is -0.491 e. The first-order valence-electron chi connectivity index (χ1n) is 9.77. The molecule has 0 fully saturated rings. The Morgan fingerprint density at radius 3 is 2.18 bits per heavy atom. The first-order chi connectivity index (χ1) is 13.6. The summed E-state index contributed by atoms with van der Waals surface area (Å²) in [6.07, 6.45) is 3.79. The summed E-state index contributed by atoms with van der Waals surface area (Å²) in [7, 11) is 0. The fraction of sp³-hybridized carbons (Fsp3) is 0.650. The monoisotopic (exact) mass is 397 g/mol. The maximum absolute atomic E-state index is 11.9. The molecule has 0 saturated heterocycles. The smallest absolute Gasteiger partial charge is 0.308 e. The third-order valence-corrected chi connectivity index (χ3v) is 4.12. The molecule has 0 bridgehead atoms. The minimum atomic E-state index is -0.456. The minimum absolute atomic E-state index is 0.0148. The molecule has 1 atom stereocenters. The highest BCUT2D eigenvalue weighted by atomic mass is 16.6. The number of hydrogen-bond donors (Lipinski definition) is 0. The van der Waals surface area contributed by atoms with Crippen molar-refractivity contribution >= 4 is 11.7 Å². The SMILES string of the molecule is CCCCC(CC)C(=O)OCCOCCOCCOc1ccc([N+](=O)[O-])cc1. The van der Waals surface area contributed by atoms with E-state index in [1.807, 2.05) is 6.92 Å². The van der Waals surface area contributed by atoms with Crippen molar-refractivity contribution in [2.24, 2.45) is 5.92 Å². The van der Waals surface area contributed by atoms with Gasteiger partial charge in [-0.25, -0.2) is 0 Å². The second-order valence-corrected chi connectivity index (χ2v) is 6.24. The van der Waals surface area contributed by atoms with E-state index in [-0.39, 0.29) is 24.2 Å². The van der Waals surface area contributed by atoms with Gasteiger partial charge in [0, 0.05) is 12.1 Å². The van der Waals surface area contributed by atoms with Crippen LogP contribution in [0.2, 0.25) is 0 Å². The van der Waals surface area contributed by atoms with E-state index in [1.54, 1.807) is 12.1 Å². The van der Waals surface area contributed by atoms with E-state index in [0.717, 1.165) is 25.7 Å². The number of nitro groups is 1. The maximum Gasteiger partial charge on any atom is 0.308 e. The number of nitro benzene ring substituents is 1. The summed E-state index contributed by atoms with van der Waals surface area (Å²) < 4.78 is 21.4. The maximum atomic E-state index is 11.9. The molecule has 0 aromatic heterocycles. The van der Waals surface area contributed by atoms with Crippen molar-refractivity contribution in [2.45, 2.75) is 39.5 Å². The zero-order valence-corrected chi connectivity index (χ0v) is 16.8. The van der Waals surface area contributed by atoms with E-state index in [2.05, 4.69) is 6.92 Å². The van der Waals surface area contributed by atoms with E-state index < -0.39 is 4.92 Å². The van der Waals surface area contributed by atoms with Gasteiger partial charge in [-0.15, -0.1) is 0 Å². The number of rotatable bonds is 16. The largest absolute Gasteiger partial charge is 0.491 e. The number of esters is 1. The summed E-state index contributed by atoms with van der Waals surface area (Å²) >= 11 is 0. The molecule has 8 nitrogen and oxygen atoms in total. The van der Waals surface area contributed by atoms with Crippen molar-refractivity contribution in [3.63, 3.8) is 0 Å². The molecular formula is C20H31NO7. The number of nitrogens with zero attached hydrogens (tertiary/aromatic N) is 1. The van der Waals surface area contributed by atoms with Crippen LogP contribution in [0, 0.1) is 16.0 Å². The van der Waals surface area contributed by atoms with Gasteiger partial charge in [-0.1, -0.05) is 26.7 Å². The number of hydrogen-bond acceptors (Lipinski definition) is 7. The predicted octanol–water partition coefficient (Wildman–Crippen LogP) is 3.77. The fourth-order valence-electron chi connectivity index (χ4n) is 2.46. The molecule has 1 rings (SSSR count). The first-order valence-corrected chi connectivity index (χ1v) is 9.77. The van der Waals surface area contributed by atoms with Gasteiger partial charge in [0.15, 0.2) is 0 Å². The van der Waals surface area contributed by atoms with Gasteiger partial charge in [0.25, 0.3) is 5.69 Å². The standard InChI is InChI=1S/C20H31NO7/c1-3-5-6-17(4-2)20(22)28-16-14-26-12-11-25-13-15-27-19-9-7-18(8-10-19)21(23)24/h7-10,17H,3-6,11-16H2,1-2H3. The molecule has 1 aromatic carbocycles. The summed E-state index contributed by atoms with van der Waals surface area (Å²) in [4.78, 5) is 22.0. The van der Waals surface area contributed by atoms with Crippen molar-refractivity contribution in [1.29, 1.82) is 0 Å². The Morgan fingerprint density at radius 2 is 1.61 bits per heavy atom. The fourth-order valence-corrected chi connectivity index (χ4v) is 2.46. The van der Waals surface area contributed by atoms with Crippen molar-refractivity contribution in [1.82, 2.24) is 0 Å². The van der Waals surface area contributed by atoms with E-state index in [4.69, 9.17) is 18.9 Å². The molecule has 0 aliphatic carbocycles. The Morgan fingerprint density at radius 1 is 1.00 bits per heavy atom. The Labute approximate surface area is 166 Å². The number of carbonyl (C=O) groups excluding carboxylic acids is 1. The zero-order chi connectivity index (χ0) is 20.6. The van der Waals surface area contributed by atoms with Crippen molar-refractivity contribution in [3.8, 4) is 5.75 Å². The molecule has 0 saturated carbocycles. The second kappa shape index (κ2) is 14.8. The molecule has 0 aliphatic heterocycles. The summed E-state index contributed by atoms with van der Waals surface area (Å²) in [6.45, 7) is 6.24. The first kappa shape index (κ1) is 23.8. The van der Waals surface area contributed by atoms with Gasteiger partial charge in [-0.3, -0.25) is 14.9 Å². The van der Waals surface area contributed by atoms with E-state index in [1.165, 1.54) is 12.1 Å². The molecule has 28 heavy (non-hydrogen) atoms. The Kier molecular flexibility index (Phi) is 12.6. The topological polar surface area (TPSA) is 97.1 Å². The molecule has 1 unspecified atom stereocenters. The molecule has 0 aliphatic rings. The lowest BCUT2D eigenvalue weighted by Crippen LogP contribution is -2.20. The molecule has 8 heteroatoms. The molecule has 0 N–H and O–H groups in total. The summed E-state index contributed by atoms with van der Waals surface area (Å²) in [6, 6.07) is 5.88. The van der Waals surface area contributed by atoms with Crippen LogP contribution in [-0.4, -0.2) is 50.5 Å². The zero-order valence-electron chi connectivity index (χ0n) is 16.8. The molecule has 1 aromatic rings. The van der Waals surface area contributed by atoms with Crippen LogP contribution in [0.5, 0.6) is 5.75 Å². The molecular weight excluding hydrogens is 366 g/mol. The molecule has 158 valence electrons. The number of non-ortho nitro benzene ring substituents is 1. The van der Waals surface area contributed by atoms with Gasteiger partial charge >= 0.3 is 5.97 Å². The number of benzene rings is 1. The number of unbranched alkanes of at least 4 members (excludes halogenated alkanes) is 1. The molecule has 0 amide bonds. The average molecular weight is 397 g/mol. The van der Waals surface area contributed by atoms with Gasteiger partial charge in [0.05, 0.1) is 37.3 Å². The summed E-state index contributed by atoms with van der Waals surface area (Å²) in [5, 5.41) is 10.6. The molecule has 0 spiro atoms. The quantitative estimate of drug-likeness (QED) is 0.181. The summed E-state index contributed by atoms with van der Waals surface area (Å²) in [5.41, 5.74) is 0.0256. The lowest BCUT2D eigenvalue weighted by molar-refractivity contribution is -0.384. The van der Waals surface area contributed by atoms with Crippen LogP contribution in [0.1, 0.15) is 39.5 Å². The number of carbonyl (C=O) groups is 1. The van der Waals surface area contributed by atoms with Crippen LogP contribution in [0.3, 0.4) is 0 Å². The van der Waals surface area contributed by atoms with Gasteiger partial charge < -0.3 is 18.9 Å². The Balaban J connectivity index is 1.97. The van der Waals surface area contributed by atoms with E-state index >= 15 is 0 Å². The predicted molar refractivity (Wildman–Crippen MR) is 104 cm³/mol. The highest BCUT2D eigenvalue weighted by Gasteiger charge is 2.16. The molecule has 0 radical (unpaired) electrons. The lowest BCUT2D eigenvalue weighted by Gasteiger charge is -2.13. The highest BCUT2D eigenvalue weighted by molar-refractivity contribution is 5.72. The van der Waals surface area contributed by atoms with E-state index in [0.29, 0.717) is 38.8 Å². The normalized spacial score (nSPS) is 11.8. The third kappa shape index (κ3) is 10.2. The Hall–Kier alpha value is -2.19. The third-order valence-electron chi connectivity index (χ3n) is 4.12. The van der Waals surface area contributed by atoms with E-state index in [9.17, 15) is 14.9 Å².